The third-order valence-corrected chi connectivity index (χ3v) is 6.46. The van der Waals surface area contributed by atoms with Crippen molar-refractivity contribution in [2.75, 3.05) is 0 Å². The predicted octanol–water partition coefficient (Wildman–Crippen LogP) is 7.96. The molecule has 0 bridgehead atoms. The van der Waals surface area contributed by atoms with Gasteiger partial charge in [-0.1, -0.05) is 115 Å². The molecule has 1 aliphatic rings. The van der Waals surface area contributed by atoms with E-state index in [1.807, 2.05) is 0 Å². The molecule has 0 aliphatic heterocycles. The van der Waals surface area contributed by atoms with Gasteiger partial charge in [-0.25, -0.2) is 0 Å². The monoisotopic (exact) mass is 482 g/mol. The third kappa shape index (κ3) is 3.26. The van der Waals surface area contributed by atoms with Gasteiger partial charge in [0.1, 0.15) is 0 Å². The molecule has 0 unspecified atom stereocenters. The van der Waals surface area contributed by atoms with Gasteiger partial charge in [-0.3, -0.25) is 0 Å². The SMILES string of the molecule is IC1=C(c2ccccc2)C(=C(c2ccccc2)c2ccccc2)c2ccccc21. The molecule has 0 N–H and O–H groups in total. The normalized spacial score (nSPS) is 12.8. The maximum atomic E-state index is 2.52. The van der Waals surface area contributed by atoms with Crippen LogP contribution in [-0.4, -0.2) is 0 Å². The van der Waals surface area contributed by atoms with Gasteiger partial charge in [0.15, 0.2) is 0 Å². The second-order valence-corrected chi connectivity index (χ2v) is 8.16. The molecule has 0 atom stereocenters. The van der Waals surface area contributed by atoms with Gasteiger partial charge in [-0.05, 0) is 61.6 Å². The Morgan fingerprint density at radius 3 is 1.48 bits per heavy atom. The molecule has 1 heteroatoms. The smallest absolute Gasteiger partial charge is 0.0293 e. The van der Waals surface area contributed by atoms with Crippen LogP contribution < -0.4 is 0 Å². The average Bonchev–Trinajstić information content (AvgIpc) is 3.09. The van der Waals surface area contributed by atoms with Crippen molar-refractivity contribution >= 4 is 42.9 Å². The molecule has 4 aromatic rings. The highest BCUT2D eigenvalue weighted by Crippen LogP contribution is 2.52. The van der Waals surface area contributed by atoms with Crippen molar-refractivity contribution in [3.8, 4) is 0 Å². The fourth-order valence-corrected chi connectivity index (χ4v) is 5.12. The van der Waals surface area contributed by atoms with Crippen LogP contribution in [0.15, 0.2) is 115 Å². The van der Waals surface area contributed by atoms with Gasteiger partial charge in [-0.15, -0.1) is 0 Å². The lowest BCUT2D eigenvalue weighted by molar-refractivity contribution is 1.53. The molecule has 0 aromatic heterocycles. The van der Waals surface area contributed by atoms with Crippen LogP contribution in [0, 0.1) is 0 Å². The summed E-state index contributed by atoms with van der Waals surface area (Å²) < 4.78 is 1.31. The molecule has 0 saturated heterocycles. The Bertz CT molecular complexity index is 1180. The van der Waals surface area contributed by atoms with Crippen LogP contribution in [0.5, 0.6) is 0 Å². The van der Waals surface area contributed by atoms with Crippen LogP contribution >= 0.6 is 22.6 Å². The summed E-state index contributed by atoms with van der Waals surface area (Å²) in [5.41, 5.74) is 10.3. The quantitative estimate of drug-likeness (QED) is 0.260. The second-order valence-electron chi connectivity index (χ2n) is 7.08. The molecule has 29 heavy (non-hydrogen) atoms. The number of fused-ring (bicyclic) bond motifs is 1. The predicted molar refractivity (Wildman–Crippen MR) is 133 cm³/mol. The topological polar surface area (TPSA) is 0 Å². The Morgan fingerprint density at radius 1 is 0.483 bits per heavy atom. The van der Waals surface area contributed by atoms with Crippen LogP contribution in [0.2, 0.25) is 0 Å². The lowest BCUT2D eigenvalue weighted by Crippen LogP contribution is -1.96. The van der Waals surface area contributed by atoms with E-state index in [9.17, 15) is 0 Å². The van der Waals surface area contributed by atoms with Crippen molar-refractivity contribution < 1.29 is 0 Å². The molecule has 0 fully saturated rings. The summed E-state index contributed by atoms with van der Waals surface area (Å²) in [6, 6.07) is 41.0. The fraction of sp³-hybridized carbons (Fsp3) is 0. The van der Waals surface area contributed by atoms with Crippen LogP contribution in [0.3, 0.4) is 0 Å². The summed E-state index contributed by atoms with van der Waals surface area (Å²) in [5.74, 6) is 0. The van der Waals surface area contributed by atoms with Crippen molar-refractivity contribution in [3.63, 3.8) is 0 Å². The van der Waals surface area contributed by atoms with Crippen molar-refractivity contribution in [3.05, 3.63) is 143 Å². The van der Waals surface area contributed by atoms with E-state index < -0.39 is 0 Å². The first-order valence-corrected chi connectivity index (χ1v) is 10.8. The molecule has 138 valence electrons. The zero-order chi connectivity index (χ0) is 19.6. The van der Waals surface area contributed by atoms with Crippen LogP contribution in [-0.2, 0) is 0 Å². The summed E-state index contributed by atoms with van der Waals surface area (Å²) in [5, 5.41) is 0. The number of benzene rings is 4. The lowest BCUT2D eigenvalue weighted by Gasteiger charge is -2.17. The maximum absolute atomic E-state index is 2.52. The van der Waals surface area contributed by atoms with Gasteiger partial charge in [0, 0.05) is 9.15 Å². The first kappa shape index (κ1) is 18.1. The number of hydrogen-bond donors (Lipinski definition) is 0. The second kappa shape index (κ2) is 7.84. The van der Waals surface area contributed by atoms with Crippen molar-refractivity contribution in [2.45, 2.75) is 0 Å². The fourth-order valence-electron chi connectivity index (χ4n) is 4.07. The van der Waals surface area contributed by atoms with Crippen molar-refractivity contribution in [2.24, 2.45) is 0 Å². The highest BCUT2D eigenvalue weighted by Gasteiger charge is 2.29. The molecule has 0 heterocycles. The highest BCUT2D eigenvalue weighted by molar-refractivity contribution is 14.1. The Balaban J connectivity index is 1.91. The molecule has 0 spiro atoms. The van der Waals surface area contributed by atoms with E-state index in [4.69, 9.17) is 0 Å². The molecule has 1 aliphatic carbocycles. The minimum absolute atomic E-state index is 1.24. The number of allylic oxidation sites excluding steroid dienone is 2. The van der Waals surface area contributed by atoms with Crippen molar-refractivity contribution in [1.82, 2.24) is 0 Å². The first-order chi connectivity index (χ1) is 14.3. The zero-order valence-corrected chi connectivity index (χ0v) is 18.0. The molecule has 5 rings (SSSR count). The molecule has 4 aromatic carbocycles. The standard InChI is InChI=1S/C28H19I/c29-28-24-19-11-10-18-23(24)27(26(28)22-16-8-3-9-17-22)25(20-12-4-1-5-13-20)21-14-6-2-7-15-21/h1-19H. The summed E-state index contributed by atoms with van der Waals surface area (Å²) in [7, 11) is 0. The summed E-state index contributed by atoms with van der Waals surface area (Å²) in [6.07, 6.45) is 0. The Kier molecular flexibility index (Phi) is 4.91. The Hall–Kier alpha value is -2.91. The average molecular weight is 482 g/mol. The number of hydrogen-bond acceptors (Lipinski definition) is 0. The van der Waals surface area contributed by atoms with E-state index in [0.29, 0.717) is 0 Å². The first-order valence-electron chi connectivity index (χ1n) is 9.75. The van der Waals surface area contributed by atoms with Gasteiger partial charge < -0.3 is 0 Å². The molecular weight excluding hydrogens is 463 g/mol. The van der Waals surface area contributed by atoms with E-state index in [2.05, 4.69) is 138 Å². The largest absolute Gasteiger partial charge is 0.0622 e. The summed E-state index contributed by atoms with van der Waals surface area (Å²) >= 11 is 2.52. The molecule has 0 saturated carbocycles. The third-order valence-electron chi connectivity index (χ3n) is 5.34. The van der Waals surface area contributed by atoms with E-state index in [0.717, 1.165) is 0 Å². The highest BCUT2D eigenvalue weighted by atomic mass is 127. The van der Waals surface area contributed by atoms with Gasteiger partial charge in [-0.2, -0.15) is 0 Å². The van der Waals surface area contributed by atoms with Gasteiger partial charge in [0.25, 0.3) is 0 Å². The van der Waals surface area contributed by atoms with Crippen LogP contribution in [0.25, 0.3) is 20.3 Å². The van der Waals surface area contributed by atoms with Gasteiger partial charge >= 0.3 is 0 Å². The number of halogens is 1. The van der Waals surface area contributed by atoms with Gasteiger partial charge in [0.2, 0.25) is 0 Å². The lowest BCUT2D eigenvalue weighted by atomic mass is 9.86. The molecular formula is C28H19I. The molecule has 0 nitrogen and oxygen atoms in total. The van der Waals surface area contributed by atoms with Crippen LogP contribution in [0.1, 0.15) is 27.8 Å². The summed E-state index contributed by atoms with van der Waals surface area (Å²) in [6.45, 7) is 0. The molecule has 0 amide bonds. The minimum Gasteiger partial charge on any atom is -0.0622 e. The molecule has 0 radical (unpaired) electrons. The zero-order valence-electron chi connectivity index (χ0n) is 15.8. The maximum Gasteiger partial charge on any atom is 0.0293 e. The van der Waals surface area contributed by atoms with E-state index in [1.165, 1.54) is 48.1 Å². The van der Waals surface area contributed by atoms with E-state index >= 15 is 0 Å². The van der Waals surface area contributed by atoms with E-state index in [-0.39, 0.29) is 0 Å². The van der Waals surface area contributed by atoms with E-state index in [1.54, 1.807) is 0 Å². The summed E-state index contributed by atoms with van der Waals surface area (Å²) in [4.78, 5) is 0. The Morgan fingerprint density at radius 2 is 0.931 bits per heavy atom. The van der Waals surface area contributed by atoms with Gasteiger partial charge in [0.05, 0.1) is 0 Å². The Labute approximate surface area is 185 Å². The van der Waals surface area contributed by atoms with Crippen molar-refractivity contribution in [1.29, 1.82) is 0 Å². The minimum atomic E-state index is 1.24. The van der Waals surface area contributed by atoms with Crippen LogP contribution in [0.4, 0.5) is 0 Å². The number of rotatable bonds is 3.